The highest BCUT2D eigenvalue weighted by molar-refractivity contribution is 7.89. The van der Waals surface area contributed by atoms with Crippen LogP contribution in [0.25, 0.3) is 0 Å². The topological polar surface area (TPSA) is 46.2 Å². The molecule has 94 valence electrons. The van der Waals surface area contributed by atoms with Crippen molar-refractivity contribution < 1.29 is 12.8 Å². The van der Waals surface area contributed by atoms with E-state index in [-0.39, 0.29) is 9.92 Å². The highest BCUT2D eigenvalue weighted by atomic mass is 35.5. The SMILES string of the molecule is C/C=C/CCNS(=O)(=O)c1ccc(F)c(Cl)c1. The molecule has 0 amide bonds. The Hall–Kier alpha value is -0.910. The number of nitrogens with one attached hydrogen (secondary N) is 1. The average molecular weight is 278 g/mol. The molecule has 3 nitrogen and oxygen atoms in total. The van der Waals surface area contributed by atoms with Gasteiger partial charge in [0.1, 0.15) is 5.82 Å². The van der Waals surface area contributed by atoms with Gasteiger partial charge in [-0.05, 0) is 31.5 Å². The predicted molar refractivity (Wildman–Crippen MR) is 66.0 cm³/mol. The van der Waals surface area contributed by atoms with Crippen LogP contribution in [0, 0.1) is 5.82 Å². The molecule has 17 heavy (non-hydrogen) atoms. The van der Waals surface area contributed by atoms with E-state index >= 15 is 0 Å². The number of hydrogen-bond acceptors (Lipinski definition) is 2. The number of halogens is 2. The van der Waals surface area contributed by atoms with E-state index in [9.17, 15) is 12.8 Å². The van der Waals surface area contributed by atoms with Crippen molar-refractivity contribution in [3.05, 3.63) is 41.2 Å². The van der Waals surface area contributed by atoms with Crippen LogP contribution < -0.4 is 4.72 Å². The third-order valence-electron chi connectivity index (χ3n) is 2.04. The van der Waals surface area contributed by atoms with Gasteiger partial charge in [-0.2, -0.15) is 0 Å². The van der Waals surface area contributed by atoms with Crippen LogP contribution in [0.15, 0.2) is 35.2 Å². The van der Waals surface area contributed by atoms with E-state index in [1.54, 1.807) is 0 Å². The van der Waals surface area contributed by atoms with Gasteiger partial charge in [-0.15, -0.1) is 0 Å². The van der Waals surface area contributed by atoms with Gasteiger partial charge >= 0.3 is 0 Å². The lowest BCUT2D eigenvalue weighted by Crippen LogP contribution is -2.24. The van der Waals surface area contributed by atoms with Gasteiger partial charge < -0.3 is 0 Å². The molecule has 0 fully saturated rings. The second kappa shape index (κ2) is 6.14. The third kappa shape index (κ3) is 4.11. The van der Waals surface area contributed by atoms with Gasteiger partial charge in [-0.25, -0.2) is 17.5 Å². The summed E-state index contributed by atoms with van der Waals surface area (Å²) in [5.41, 5.74) is 0. The van der Waals surface area contributed by atoms with E-state index in [0.717, 1.165) is 12.1 Å². The molecule has 0 unspecified atom stereocenters. The number of hydrogen-bond donors (Lipinski definition) is 1. The van der Waals surface area contributed by atoms with Gasteiger partial charge in [0.15, 0.2) is 0 Å². The molecule has 1 N–H and O–H groups in total. The Kier molecular flexibility index (Phi) is 5.11. The minimum Gasteiger partial charge on any atom is -0.211 e. The van der Waals surface area contributed by atoms with Gasteiger partial charge in [0.2, 0.25) is 10.0 Å². The summed E-state index contributed by atoms with van der Waals surface area (Å²) in [7, 11) is -3.62. The summed E-state index contributed by atoms with van der Waals surface area (Å²) in [6.07, 6.45) is 4.29. The van der Waals surface area contributed by atoms with Crippen molar-refractivity contribution in [3.63, 3.8) is 0 Å². The van der Waals surface area contributed by atoms with Gasteiger partial charge in [0.05, 0.1) is 9.92 Å². The molecule has 0 spiro atoms. The van der Waals surface area contributed by atoms with Gasteiger partial charge in [-0.3, -0.25) is 0 Å². The standard InChI is InChI=1S/C11H13ClFNO2S/c1-2-3-4-7-14-17(15,16)9-5-6-11(13)10(12)8-9/h2-3,5-6,8,14H,4,7H2,1H3/b3-2+. The Morgan fingerprint density at radius 1 is 1.47 bits per heavy atom. The lowest BCUT2D eigenvalue weighted by Gasteiger charge is -2.06. The minimum atomic E-state index is -3.62. The lowest BCUT2D eigenvalue weighted by molar-refractivity contribution is 0.581. The van der Waals surface area contributed by atoms with Crippen LogP contribution in [0.2, 0.25) is 5.02 Å². The first-order valence-electron chi connectivity index (χ1n) is 5.03. The third-order valence-corrected chi connectivity index (χ3v) is 3.79. The Bertz CT molecular complexity index is 514. The highest BCUT2D eigenvalue weighted by Gasteiger charge is 2.14. The Balaban J connectivity index is 2.79. The molecule has 0 heterocycles. The zero-order valence-corrected chi connectivity index (χ0v) is 10.9. The summed E-state index contributed by atoms with van der Waals surface area (Å²) in [6, 6.07) is 3.30. The summed E-state index contributed by atoms with van der Waals surface area (Å²) in [6.45, 7) is 2.15. The van der Waals surface area contributed by atoms with Crippen LogP contribution >= 0.6 is 11.6 Å². The van der Waals surface area contributed by atoms with Crippen molar-refractivity contribution in [1.29, 1.82) is 0 Å². The van der Waals surface area contributed by atoms with Crippen molar-refractivity contribution in [2.45, 2.75) is 18.2 Å². The van der Waals surface area contributed by atoms with Crippen LogP contribution in [0.4, 0.5) is 4.39 Å². The van der Waals surface area contributed by atoms with Crippen LogP contribution in [0.3, 0.4) is 0 Å². The highest BCUT2D eigenvalue weighted by Crippen LogP contribution is 2.19. The van der Waals surface area contributed by atoms with Crippen molar-refractivity contribution in [2.75, 3.05) is 6.54 Å². The van der Waals surface area contributed by atoms with Crippen molar-refractivity contribution in [1.82, 2.24) is 4.72 Å². The Morgan fingerprint density at radius 3 is 2.76 bits per heavy atom. The van der Waals surface area contributed by atoms with Gasteiger partial charge in [0.25, 0.3) is 0 Å². The zero-order chi connectivity index (χ0) is 12.9. The fraction of sp³-hybridized carbons (Fsp3) is 0.273. The smallest absolute Gasteiger partial charge is 0.211 e. The quantitative estimate of drug-likeness (QED) is 0.664. The second-order valence-corrected chi connectivity index (χ2v) is 5.51. The molecule has 0 aromatic heterocycles. The van der Waals surface area contributed by atoms with E-state index in [2.05, 4.69) is 4.72 Å². The van der Waals surface area contributed by atoms with E-state index in [1.165, 1.54) is 6.07 Å². The van der Waals surface area contributed by atoms with E-state index < -0.39 is 15.8 Å². The van der Waals surface area contributed by atoms with Crippen LogP contribution in [0.5, 0.6) is 0 Å². The van der Waals surface area contributed by atoms with Crippen molar-refractivity contribution in [2.24, 2.45) is 0 Å². The zero-order valence-electron chi connectivity index (χ0n) is 9.28. The molecule has 1 aromatic carbocycles. The van der Waals surface area contributed by atoms with Crippen molar-refractivity contribution >= 4 is 21.6 Å². The van der Waals surface area contributed by atoms with E-state index in [1.807, 2.05) is 19.1 Å². The predicted octanol–water partition coefficient (Wildman–Crippen LogP) is 2.72. The van der Waals surface area contributed by atoms with Crippen LogP contribution in [-0.4, -0.2) is 15.0 Å². The summed E-state index contributed by atoms with van der Waals surface area (Å²) in [4.78, 5) is -0.0376. The molecule has 1 rings (SSSR count). The Labute approximate surface area is 105 Å². The number of benzene rings is 1. The molecule has 0 saturated heterocycles. The molecular weight excluding hydrogens is 265 g/mol. The summed E-state index contributed by atoms with van der Waals surface area (Å²) in [5.74, 6) is -0.639. The molecule has 0 bridgehead atoms. The normalized spacial score (nSPS) is 12.2. The lowest BCUT2D eigenvalue weighted by atomic mass is 10.3. The maximum atomic E-state index is 12.9. The first-order valence-corrected chi connectivity index (χ1v) is 6.89. The molecule has 0 aliphatic heterocycles. The van der Waals surface area contributed by atoms with Gasteiger partial charge in [0, 0.05) is 6.54 Å². The summed E-state index contributed by atoms with van der Waals surface area (Å²) >= 11 is 5.53. The average Bonchev–Trinajstić information content (AvgIpc) is 2.28. The van der Waals surface area contributed by atoms with Crippen LogP contribution in [-0.2, 0) is 10.0 Å². The van der Waals surface area contributed by atoms with E-state index in [0.29, 0.717) is 13.0 Å². The minimum absolute atomic E-state index is 0.0376. The first-order chi connectivity index (χ1) is 7.97. The molecule has 0 saturated carbocycles. The summed E-state index contributed by atoms with van der Waals surface area (Å²) < 4.78 is 38.8. The monoisotopic (exact) mass is 277 g/mol. The second-order valence-electron chi connectivity index (χ2n) is 3.33. The molecule has 0 aliphatic rings. The molecule has 6 heteroatoms. The van der Waals surface area contributed by atoms with Crippen molar-refractivity contribution in [3.8, 4) is 0 Å². The van der Waals surface area contributed by atoms with Crippen LogP contribution in [0.1, 0.15) is 13.3 Å². The molecule has 0 radical (unpaired) electrons. The fourth-order valence-corrected chi connectivity index (χ4v) is 2.49. The molecule has 1 aromatic rings. The number of sulfonamides is 1. The molecule has 0 atom stereocenters. The maximum absolute atomic E-state index is 12.9. The summed E-state index contributed by atoms with van der Waals surface area (Å²) in [5, 5.41) is -0.207. The maximum Gasteiger partial charge on any atom is 0.240 e. The molecule has 0 aliphatic carbocycles. The largest absolute Gasteiger partial charge is 0.240 e. The number of allylic oxidation sites excluding steroid dienone is 1. The number of rotatable bonds is 5. The molecular formula is C11H13ClFNO2S. The van der Waals surface area contributed by atoms with Gasteiger partial charge in [-0.1, -0.05) is 23.8 Å². The fourth-order valence-electron chi connectivity index (χ4n) is 1.17. The Morgan fingerprint density at radius 2 is 2.18 bits per heavy atom. The first kappa shape index (κ1) is 14.2. The van der Waals surface area contributed by atoms with E-state index in [4.69, 9.17) is 11.6 Å².